The second-order valence-electron chi connectivity index (χ2n) is 6.80. The molecule has 1 aromatic heterocycles. The highest BCUT2D eigenvalue weighted by molar-refractivity contribution is 5.92. The van der Waals surface area contributed by atoms with Gasteiger partial charge < -0.3 is 10.3 Å². The third-order valence-electron chi connectivity index (χ3n) is 4.77. The molecule has 28 heavy (non-hydrogen) atoms. The second kappa shape index (κ2) is 8.53. The van der Waals surface area contributed by atoms with E-state index in [1.165, 1.54) is 12.1 Å². The van der Waals surface area contributed by atoms with E-state index in [4.69, 9.17) is 5.26 Å². The molecule has 0 unspecified atom stereocenters. The fourth-order valence-electron chi connectivity index (χ4n) is 3.40. The predicted molar refractivity (Wildman–Crippen MR) is 109 cm³/mol. The number of aromatic nitrogens is 1. The molecule has 0 saturated heterocycles. The Bertz CT molecular complexity index is 1090. The topological polar surface area (TPSA) is 68.7 Å². The van der Waals surface area contributed by atoms with Crippen molar-refractivity contribution >= 4 is 22.9 Å². The molecule has 2 N–H and O–H groups in total. The van der Waals surface area contributed by atoms with Gasteiger partial charge >= 0.3 is 0 Å². The Kier molecular flexibility index (Phi) is 5.90. The number of rotatable bonds is 6. The van der Waals surface area contributed by atoms with E-state index in [9.17, 15) is 9.18 Å². The van der Waals surface area contributed by atoms with E-state index in [0.717, 1.165) is 33.3 Å². The van der Waals surface area contributed by atoms with Crippen molar-refractivity contribution in [2.75, 3.05) is 6.54 Å². The van der Waals surface area contributed by atoms with Crippen LogP contribution >= 0.6 is 0 Å². The average Bonchev–Trinajstić information content (AvgIpc) is 3.01. The summed E-state index contributed by atoms with van der Waals surface area (Å²) in [7, 11) is 0. The van der Waals surface area contributed by atoms with E-state index in [-0.39, 0.29) is 11.7 Å². The minimum Gasteiger partial charge on any atom is -0.356 e. The summed E-state index contributed by atoms with van der Waals surface area (Å²) in [6, 6.07) is 12.9. The minimum absolute atomic E-state index is 0.189. The number of nitrogens with one attached hydrogen (secondary N) is 2. The van der Waals surface area contributed by atoms with Gasteiger partial charge in [0.15, 0.2) is 0 Å². The number of aryl methyl sites for hydroxylation is 2. The van der Waals surface area contributed by atoms with Gasteiger partial charge in [0, 0.05) is 23.7 Å². The van der Waals surface area contributed by atoms with Crippen molar-refractivity contribution in [3.8, 4) is 6.07 Å². The van der Waals surface area contributed by atoms with Crippen LogP contribution in [-0.4, -0.2) is 17.4 Å². The van der Waals surface area contributed by atoms with Gasteiger partial charge in [-0.3, -0.25) is 4.79 Å². The first-order chi connectivity index (χ1) is 13.5. The number of fused-ring (bicyclic) bond motifs is 1. The van der Waals surface area contributed by atoms with Gasteiger partial charge in [-0.05, 0) is 54.7 Å². The number of amides is 1. The van der Waals surface area contributed by atoms with Crippen LogP contribution in [0.2, 0.25) is 0 Å². The van der Waals surface area contributed by atoms with Crippen molar-refractivity contribution in [1.82, 2.24) is 10.3 Å². The minimum atomic E-state index is -0.263. The fourth-order valence-corrected chi connectivity index (χ4v) is 3.40. The van der Waals surface area contributed by atoms with Crippen LogP contribution in [0.15, 0.2) is 42.5 Å². The molecule has 3 rings (SSSR count). The zero-order valence-electron chi connectivity index (χ0n) is 16.0. The normalized spacial score (nSPS) is 11.1. The first kappa shape index (κ1) is 19.4. The molecule has 1 heterocycles. The number of H-pyrrole nitrogens is 1. The summed E-state index contributed by atoms with van der Waals surface area (Å²) in [6.07, 6.45) is 4.18. The largest absolute Gasteiger partial charge is 0.356 e. The number of hydrogen-bond acceptors (Lipinski definition) is 2. The highest BCUT2D eigenvalue weighted by Gasteiger charge is 2.13. The molecule has 0 aliphatic rings. The summed E-state index contributed by atoms with van der Waals surface area (Å²) < 4.78 is 14.0. The summed E-state index contributed by atoms with van der Waals surface area (Å²) in [4.78, 5) is 15.2. The van der Waals surface area contributed by atoms with E-state index in [2.05, 4.69) is 16.4 Å². The molecule has 0 radical (unpaired) electrons. The average molecular weight is 375 g/mol. The maximum absolute atomic E-state index is 14.0. The van der Waals surface area contributed by atoms with Gasteiger partial charge in [-0.1, -0.05) is 30.3 Å². The fraction of sp³-hybridized carbons (Fsp3) is 0.217. The summed E-state index contributed by atoms with van der Waals surface area (Å²) in [5.74, 6) is -0.452. The van der Waals surface area contributed by atoms with Gasteiger partial charge in [-0.25, -0.2) is 4.39 Å². The molecular weight excluding hydrogens is 353 g/mol. The number of nitrogens with zero attached hydrogens (tertiary/aromatic N) is 1. The Hall–Kier alpha value is -3.39. The quantitative estimate of drug-likeness (QED) is 0.629. The van der Waals surface area contributed by atoms with E-state index < -0.39 is 0 Å². The highest BCUT2D eigenvalue weighted by Crippen LogP contribution is 2.27. The number of benzene rings is 2. The molecule has 4 nitrogen and oxygen atoms in total. The molecule has 0 aliphatic carbocycles. The van der Waals surface area contributed by atoms with Crippen LogP contribution < -0.4 is 5.32 Å². The zero-order chi connectivity index (χ0) is 20.1. The van der Waals surface area contributed by atoms with Gasteiger partial charge in [0.25, 0.3) is 0 Å². The van der Waals surface area contributed by atoms with Gasteiger partial charge in [-0.15, -0.1) is 0 Å². The lowest BCUT2D eigenvalue weighted by molar-refractivity contribution is -0.116. The Morgan fingerprint density at radius 1 is 1.29 bits per heavy atom. The SMILES string of the molecule is Cc1[nH]c2c(F)ccc(C)c2c1CCNC(=O)/C=C/c1cccc(CC#N)c1. The van der Waals surface area contributed by atoms with Gasteiger partial charge in [0.2, 0.25) is 5.91 Å². The van der Waals surface area contributed by atoms with Crippen LogP contribution in [0.3, 0.4) is 0 Å². The van der Waals surface area contributed by atoms with Crippen molar-refractivity contribution in [2.45, 2.75) is 26.7 Å². The standard InChI is InChI=1S/C23H22FN3O/c1-15-6-8-20(24)23-22(15)19(16(2)27-23)11-13-26-21(28)9-7-17-4-3-5-18(14-17)10-12-25/h3-9,14,27H,10-11,13H2,1-2H3,(H,26,28)/b9-7+. The Morgan fingerprint density at radius 3 is 2.89 bits per heavy atom. The van der Waals surface area contributed by atoms with Crippen molar-refractivity contribution in [3.63, 3.8) is 0 Å². The molecule has 1 amide bonds. The van der Waals surface area contributed by atoms with Gasteiger partial charge in [0.05, 0.1) is 18.0 Å². The molecule has 2 aromatic carbocycles. The Morgan fingerprint density at radius 2 is 2.11 bits per heavy atom. The molecular formula is C23H22FN3O. The van der Waals surface area contributed by atoms with Crippen molar-refractivity contribution in [1.29, 1.82) is 5.26 Å². The maximum atomic E-state index is 14.0. The third kappa shape index (κ3) is 4.29. The molecule has 0 fully saturated rings. The van der Waals surface area contributed by atoms with Crippen LogP contribution in [0.5, 0.6) is 0 Å². The second-order valence-corrected chi connectivity index (χ2v) is 6.80. The lowest BCUT2D eigenvalue weighted by atomic mass is 10.0. The van der Waals surface area contributed by atoms with E-state index in [0.29, 0.717) is 24.9 Å². The molecule has 0 saturated carbocycles. The Labute approximate surface area is 163 Å². The first-order valence-corrected chi connectivity index (χ1v) is 9.17. The lowest BCUT2D eigenvalue weighted by Crippen LogP contribution is -2.23. The summed E-state index contributed by atoms with van der Waals surface area (Å²) in [6.45, 7) is 4.34. The predicted octanol–water partition coefficient (Wildman–Crippen LogP) is 4.36. The number of nitriles is 1. The van der Waals surface area contributed by atoms with Crippen LogP contribution in [-0.2, 0) is 17.6 Å². The van der Waals surface area contributed by atoms with E-state index in [1.807, 2.05) is 38.1 Å². The zero-order valence-corrected chi connectivity index (χ0v) is 16.0. The molecule has 0 spiro atoms. The monoisotopic (exact) mass is 375 g/mol. The highest BCUT2D eigenvalue weighted by atomic mass is 19.1. The van der Waals surface area contributed by atoms with Crippen LogP contribution in [0.1, 0.15) is 27.9 Å². The molecule has 5 heteroatoms. The molecule has 0 atom stereocenters. The van der Waals surface area contributed by atoms with Crippen LogP contribution in [0.4, 0.5) is 4.39 Å². The lowest BCUT2D eigenvalue weighted by Gasteiger charge is -2.05. The maximum Gasteiger partial charge on any atom is 0.244 e. The molecule has 0 aliphatic heterocycles. The smallest absolute Gasteiger partial charge is 0.244 e. The van der Waals surface area contributed by atoms with Crippen LogP contribution in [0.25, 0.3) is 17.0 Å². The first-order valence-electron chi connectivity index (χ1n) is 9.17. The number of hydrogen-bond donors (Lipinski definition) is 2. The summed E-state index contributed by atoms with van der Waals surface area (Å²) >= 11 is 0. The molecule has 142 valence electrons. The van der Waals surface area contributed by atoms with Crippen molar-refractivity contribution in [3.05, 3.63) is 76.2 Å². The Balaban J connectivity index is 1.63. The van der Waals surface area contributed by atoms with E-state index in [1.54, 1.807) is 12.1 Å². The van der Waals surface area contributed by atoms with Gasteiger partial charge in [0.1, 0.15) is 5.82 Å². The number of aromatic amines is 1. The van der Waals surface area contributed by atoms with Crippen molar-refractivity contribution in [2.24, 2.45) is 0 Å². The third-order valence-corrected chi connectivity index (χ3v) is 4.77. The summed E-state index contributed by atoms with van der Waals surface area (Å²) in [5.41, 5.74) is 5.28. The number of carbonyl (C=O) groups is 1. The summed E-state index contributed by atoms with van der Waals surface area (Å²) in [5, 5.41) is 12.5. The van der Waals surface area contributed by atoms with E-state index >= 15 is 0 Å². The number of halogens is 1. The van der Waals surface area contributed by atoms with Crippen LogP contribution in [0, 0.1) is 31.0 Å². The molecule has 0 bridgehead atoms. The van der Waals surface area contributed by atoms with Crippen molar-refractivity contribution < 1.29 is 9.18 Å². The number of carbonyl (C=O) groups excluding carboxylic acids is 1. The van der Waals surface area contributed by atoms with Gasteiger partial charge in [-0.2, -0.15) is 5.26 Å². The molecule has 3 aromatic rings.